The van der Waals surface area contributed by atoms with Crippen molar-refractivity contribution in [1.29, 1.82) is 0 Å². The average Bonchev–Trinajstić information content (AvgIpc) is 3.50. The van der Waals surface area contributed by atoms with Gasteiger partial charge in [0, 0.05) is 51.1 Å². The van der Waals surface area contributed by atoms with Crippen molar-refractivity contribution < 1.29 is 18.3 Å². The molecule has 2 aromatic carbocycles. The molecule has 35 heavy (non-hydrogen) atoms. The second-order valence-corrected chi connectivity index (χ2v) is 11.2. The van der Waals surface area contributed by atoms with Crippen molar-refractivity contribution in [2.45, 2.75) is 23.5 Å². The SMILES string of the molecule is CN(C)C(=O)c1ccc(-c2ccc3c(c2)[C@@H]2[C@@H](CCN2S(=O)(=O)c2cn(C)cn2)[C@@H](CO)N3)cc1. The first-order chi connectivity index (χ1) is 16.7. The number of hydrogen-bond acceptors (Lipinski definition) is 6. The van der Waals surface area contributed by atoms with E-state index in [4.69, 9.17) is 0 Å². The minimum Gasteiger partial charge on any atom is -0.394 e. The third kappa shape index (κ3) is 4.01. The highest BCUT2D eigenvalue weighted by molar-refractivity contribution is 7.89. The van der Waals surface area contributed by atoms with Crippen LogP contribution >= 0.6 is 0 Å². The lowest BCUT2D eigenvalue weighted by atomic mass is 9.82. The fraction of sp³-hybridized carbons (Fsp3) is 0.360. The van der Waals surface area contributed by atoms with Gasteiger partial charge >= 0.3 is 0 Å². The lowest BCUT2D eigenvalue weighted by Gasteiger charge is -2.38. The highest BCUT2D eigenvalue weighted by Gasteiger charge is 2.49. The van der Waals surface area contributed by atoms with Crippen LogP contribution in [-0.4, -0.2) is 71.5 Å². The molecule has 3 heterocycles. The van der Waals surface area contributed by atoms with Crippen LogP contribution in [0.4, 0.5) is 5.69 Å². The van der Waals surface area contributed by atoms with Crippen LogP contribution in [0.15, 0.2) is 60.0 Å². The standard InChI is InChI=1S/C25H29N5O4S/c1-28(2)25(32)17-6-4-16(5-7-17)18-8-9-21-20(12-18)24-19(22(14-31)27-21)10-11-30(24)35(33,34)23-13-29(3)15-26-23/h4-9,12-13,15,19,22,24,27,31H,10-11,14H2,1-3H3/t19-,22+,24-/m0/s1. The van der Waals surface area contributed by atoms with Gasteiger partial charge in [0.05, 0.1) is 25.0 Å². The summed E-state index contributed by atoms with van der Waals surface area (Å²) in [4.78, 5) is 17.9. The maximum absolute atomic E-state index is 13.5. The predicted octanol–water partition coefficient (Wildman–Crippen LogP) is 2.33. The van der Waals surface area contributed by atoms with Gasteiger partial charge in [-0.15, -0.1) is 0 Å². The number of carbonyl (C=O) groups is 1. The molecule has 2 aliphatic heterocycles. The van der Waals surface area contributed by atoms with Gasteiger partial charge in [-0.25, -0.2) is 13.4 Å². The Balaban J connectivity index is 1.55. The number of sulfonamides is 1. The smallest absolute Gasteiger partial charge is 0.262 e. The molecule has 1 fully saturated rings. The first-order valence-corrected chi connectivity index (χ1v) is 13.0. The second kappa shape index (κ2) is 8.78. The van der Waals surface area contributed by atoms with E-state index < -0.39 is 16.1 Å². The fourth-order valence-electron chi connectivity index (χ4n) is 5.18. The van der Waals surface area contributed by atoms with Crippen LogP contribution in [0.1, 0.15) is 28.4 Å². The van der Waals surface area contributed by atoms with Crippen LogP contribution in [0, 0.1) is 5.92 Å². The van der Waals surface area contributed by atoms with Crippen LogP contribution in [0.5, 0.6) is 0 Å². The van der Waals surface area contributed by atoms with Gasteiger partial charge in [0.1, 0.15) is 0 Å². The number of carbonyl (C=O) groups excluding carboxylic acids is 1. The summed E-state index contributed by atoms with van der Waals surface area (Å²) in [7, 11) is 1.36. The zero-order valence-corrected chi connectivity index (χ0v) is 20.7. The largest absolute Gasteiger partial charge is 0.394 e. The number of imidazole rings is 1. The van der Waals surface area contributed by atoms with Crippen LogP contribution in [0.2, 0.25) is 0 Å². The molecule has 0 spiro atoms. The molecule has 1 saturated heterocycles. The average molecular weight is 496 g/mol. The van der Waals surface area contributed by atoms with Crippen LogP contribution in [-0.2, 0) is 17.1 Å². The number of benzene rings is 2. The highest BCUT2D eigenvalue weighted by Crippen LogP contribution is 2.49. The topological polar surface area (TPSA) is 108 Å². The van der Waals surface area contributed by atoms with E-state index in [0.29, 0.717) is 18.5 Å². The minimum atomic E-state index is -3.81. The Morgan fingerprint density at radius 1 is 1.17 bits per heavy atom. The molecule has 2 N–H and O–H groups in total. The maximum Gasteiger partial charge on any atom is 0.262 e. The first-order valence-electron chi connectivity index (χ1n) is 11.5. The number of nitrogens with one attached hydrogen (secondary N) is 1. The van der Waals surface area contributed by atoms with Gasteiger partial charge in [-0.3, -0.25) is 4.79 Å². The molecule has 0 unspecified atom stereocenters. The van der Waals surface area contributed by atoms with Gasteiger partial charge in [0.15, 0.2) is 5.03 Å². The summed E-state index contributed by atoms with van der Waals surface area (Å²) in [5.74, 6) is -0.133. The monoisotopic (exact) mass is 495 g/mol. The Kier molecular flexibility index (Phi) is 5.90. The van der Waals surface area contributed by atoms with Crippen LogP contribution < -0.4 is 5.32 Å². The van der Waals surface area contributed by atoms with Crippen molar-refractivity contribution in [3.8, 4) is 11.1 Å². The molecule has 0 aliphatic carbocycles. The molecule has 0 radical (unpaired) electrons. The van der Waals surface area contributed by atoms with Crippen molar-refractivity contribution in [3.05, 3.63) is 66.1 Å². The highest BCUT2D eigenvalue weighted by atomic mass is 32.2. The number of aromatic nitrogens is 2. The van der Waals surface area contributed by atoms with E-state index in [1.54, 1.807) is 37.8 Å². The molecule has 1 aromatic heterocycles. The molecule has 10 heteroatoms. The molecule has 5 rings (SSSR count). The number of nitrogens with zero attached hydrogens (tertiary/aromatic N) is 4. The van der Waals surface area contributed by atoms with E-state index in [2.05, 4.69) is 10.3 Å². The second-order valence-electron chi connectivity index (χ2n) is 9.40. The number of anilines is 1. The molecule has 3 aromatic rings. The molecule has 0 bridgehead atoms. The molecular formula is C25H29N5O4S. The Morgan fingerprint density at radius 2 is 1.89 bits per heavy atom. The third-order valence-electron chi connectivity index (χ3n) is 6.95. The molecule has 2 aliphatic rings. The first kappa shape index (κ1) is 23.5. The van der Waals surface area contributed by atoms with E-state index in [0.717, 1.165) is 22.4 Å². The van der Waals surface area contributed by atoms with Crippen molar-refractivity contribution in [1.82, 2.24) is 18.8 Å². The van der Waals surface area contributed by atoms with Gasteiger partial charge in [-0.2, -0.15) is 4.31 Å². The van der Waals surface area contributed by atoms with E-state index >= 15 is 0 Å². The van der Waals surface area contributed by atoms with Crippen LogP contribution in [0.25, 0.3) is 11.1 Å². The van der Waals surface area contributed by atoms with Gasteiger partial charge < -0.3 is 19.9 Å². The molecule has 0 saturated carbocycles. The van der Waals surface area contributed by atoms with Crippen molar-refractivity contribution >= 4 is 21.6 Å². The quantitative estimate of drug-likeness (QED) is 0.563. The van der Waals surface area contributed by atoms with E-state index in [-0.39, 0.29) is 29.5 Å². The summed E-state index contributed by atoms with van der Waals surface area (Å²) in [6.45, 7) is 0.276. The van der Waals surface area contributed by atoms with Crippen LogP contribution in [0.3, 0.4) is 0 Å². The summed E-state index contributed by atoms with van der Waals surface area (Å²) < 4.78 is 30.3. The lowest BCUT2D eigenvalue weighted by Crippen LogP contribution is -2.42. The number of hydrogen-bond donors (Lipinski definition) is 2. The molecule has 9 nitrogen and oxygen atoms in total. The Bertz CT molecular complexity index is 1370. The lowest BCUT2D eigenvalue weighted by molar-refractivity contribution is 0.0827. The molecular weight excluding hydrogens is 466 g/mol. The van der Waals surface area contributed by atoms with Gasteiger partial charge in [-0.05, 0) is 47.4 Å². The summed E-state index contributed by atoms with van der Waals surface area (Å²) in [6, 6.07) is 12.7. The van der Waals surface area contributed by atoms with Crippen molar-refractivity contribution in [2.24, 2.45) is 13.0 Å². The molecule has 3 atom stereocenters. The summed E-state index contributed by atoms with van der Waals surface area (Å²) in [5.41, 5.74) is 4.16. The third-order valence-corrected chi connectivity index (χ3v) is 8.72. The zero-order chi connectivity index (χ0) is 24.9. The van der Waals surface area contributed by atoms with E-state index in [9.17, 15) is 18.3 Å². The van der Waals surface area contributed by atoms with Gasteiger partial charge in [-0.1, -0.05) is 18.2 Å². The van der Waals surface area contributed by atoms with E-state index in [1.165, 1.54) is 21.7 Å². The fourth-order valence-corrected chi connectivity index (χ4v) is 6.81. The maximum atomic E-state index is 13.5. The minimum absolute atomic E-state index is 0.0265. The predicted molar refractivity (Wildman–Crippen MR) is 132 cm³/mol. The normalized spacial score (nSPS) is 21.8. The number of fused-ring (bicyclic) bond motifs is 3. The summed E-state index contributed by atoms with van der Waals surface area (Å²) in [6.07, 6.45) is 3.64. The number of amides is 1. The number of rotatable bonds is 5. The number of aryl methyl sites for hydroxylation is 1. The number of aliphatic hydroxyl groups is 1. The molecule has 184 valence electrons. The van der Waals surface area contributed by atoms with Gasteiger partial charge in [0.2, 0.25) is 0 Å². The van der Waals surface area contributed by atoms with Gasteiger partial charge in [0.25, 0.3) is 15.9 Å². The summed E-state index contributed by atoms with van der Waals surface area (Å²) >= 11 is 0. The summed E-state index contributed by atoms with van der Waals surface area (Å²) in [5, 5.41) is 13.5. The molecule has 1 amide bonds. The number of aliphatic hydroxyl groups excluding tert-OH is 1. The Hall–Kier alpha value is -3.21. The zero-order valence-electron chi connectivity index (χ0n) is 19.9. The van der Waals surface area contributed by atoms with Crippen molar-refractivity contribution in [3.63, 3.8) is 0 Å². The van der Waals surface area contributed by atoms with E-state index in [1.807, 2.05) is 30.3 Å². The Labute approximate surface area is 205 Å². The van der Waals surface area contributed by atoms with Crippen molar-refractivity contribution in [2.75, 3.05) is 32.6 Å². The Morgan fingerprint density at radius 3 is 2.51 bits per heavy atom.